The highest BCUT2D eigenvalue weighted by molar-refractivity contribution is 6.31. The van der Waals surface area contributed by atoms with Crippen LogP contribution < -0.4 is 5.32 Å². The molecule has 0 aliphatic heterocycles. The molecule has 18 heavy (non-hydrogen) atoms. The summed E-state index contributed by atoms with van der Waals surface area (Å²) in [7, 11) is 0. The number of rotatable bonds is 3. The molecule has 2 rings (SSSR count). The number of carbonyl (C=O) groups excluding carboxylic acids is 1. The van der Waals surface area contributed by atoms with E-state index in [2.05, 4.69) is 5.32 Å². The lowest BCUT2D eigenvalue weighted by atomic mass is 10.1. The SMILES string of the molecule is Cc1ccc(Cl)cc1C(=O)NCC1CCC(Cl)C1. The van der Waals surface area contributed by atoms with E-state index in [9.17, 15) is 4.79 Å². The van der Waals surface area contributed by atoms with E-state index in [1.165, 1.54) is 0 Å². The summed E-state index contributed by atoms with van der Waals surface area (Å²) in [5, 5.41) is 3.84. The van der Waals surface area contributed by atoms with Crippen LogP contribution in [0.25, 0.3) is 0 Å². The van der Waals surface area contributed by atoms with Crippen LogP contribution in [0.4, 0.5) is 0 Å². The topological polar surface area (TPSA) is 29.1 Å². The van der Waals surface area contributed by atoms with Gasteiger partial charge in [-0.15, -0.1) is 11.6 Å². The summed E-state index contributed by atoms with van der Waals surface area (Å²) in [4.78, 5) is 12.1. The molecule has 1 amide bonds. The van der Waals surface area contributed by atoms with Crippen molar-refractivity contribution in [3.8, 4) is 0 Å². The fourth-order valence-corrected chi connectivity index (χ4v) is 2.92. The molecule has 1 N–H and O–H groups in total. The van der Waals surface area contributed by atoms with Crippen LogP contribution in [-0.4, -0.2) is 17.8 Å². The van der Waals surface area contributed by atoms with Gasteiger partial charge in [0.1, 0.15) is 0 Å². The lowest BCUT2D eigenvalue weighted by Crippen LogP contribution is -2.29. The Bertz CT molecular complexity index is 447. The molecule has 0 bridgehead atoms. The number of aryl methyl sites for hydroxylation is 1. The Kier molecular flexibility index (Phi) is 4.52. The molecule has 0 aromatic heterocycles. The zero-order valence-electron chi connectivity index (χ0n) is 10.4. The Labute approximate surface area is 118 Å². The van der Waals surface area contributed by atoms with E-state index in [1.807, 2.05) is 13.0 Å². The van der Waals surface area contributed by atoms with E-state index >= 15 is 0 Å². The number of halogens is 2. The van der Waals surface area contributed by atoms with Crippen molar-refractivity contribution in [2.24, 2.45) is 5.92 Å². The highest BCUT2D eigenvalue weighted by atomic mass is 35.5. The summed E-state index contributed by atoms with van der Waals surface area (Å²) in [6.07, 6.45) is 3.15. The summed E-state index contributed by atoms with van der Waals surface area (Å²) in [6, 6.07) is 5.37. The quantitative estimate of drug-likeness (QED) is 0.842. The van der Waals surface area contributed by atoms with Gasteiger partial charge in [0.05, 0.1) is 0 Å². The van der Waals surface area contributed by atoms with Crippen molar-refractivity contribution >= 4 is 29.1 Å². The van der Waals surface area contributed by atoms with Crippen molar-refractivity contribution in [2.45, 2.75) is 31.6 Å². The Hall–Kier alpha value is -0.730. The van der Waals surface area contributed by atoms with Crippen LogP contribution in [0.1, 0.15) is 35.2 Å². The average Bonchev–Trinajstić information content (AvgIpc) is 2.75. The molecule has 0 saturated heterocycles. The van der Waals surface area contributed by atoms with Gasteiger partial charge in [-0.1, -0.05) is 17.7 Å². The maximum Gasteiger partial charge on any atom is 0.251 e. The fourth-order valence-electron chi connectivity index (χ4n) is 2.37. The Morgan fingerprint density at radius 1 is 1.44 bits per heavy atom. The molecule has 0 spiro atoms. The van der Waals surface area contributed by atoms with Crippen LogP contribution in [0.3, 0.4) is 0 Å². The Morgan fingerprint density at radius 3 is 2.89 bits per heavy atom. The van der Waals surface area contributed by atoms with E-state index in [0.29, 0.717) is 23.0 Å². The number of hydrogen-bond donors (Lipinski definition) is 1. The van der Waals surface area contributed by atoms with Crippen LogP contribution in [0, 0.1) is 12.8 Å². The first kappa shape index (κ1) is 13.7. The fraction of sp³-hybridized carbons (Fsp3) is 0.500. The standard InChI is InChI=1S/C14H17Cl2NO/c1-9-2-4-12(16)7-13(9)14(18)17-8-10-3-5-11(15)6-10/h2,4,7,10-11H,3,5-6,8H2,1H3,(H,17,18). The molecule has 1 aliphatic rings. The molecular formula is C14H17Cl2NO. The number of nitrogens with one attached hydrogen (secondary N) is 1. The maximum absolute atomic E-state index is 12.1. The molecule has 0 radical (unpaired) electrons. The van der Waals surface area contributed by atoms with Crippen molar-refractivity contribution in [1.82, 2.24) is 5.32 Å². The smallest absolute Gasteiger partial charge is 0.251 e. The molecule has 1 aromatic rings. The highest BCUT2D eigenvalue weighted by Crippen LogP contribution is 2.28. The van der Waals surface area contributed by atoms with Crippen LogP contribution >= 0.6 is 23.2 Å². The zero-order chi connectivity index (χ0) is 13.1. The molecule has 2 atom stereocenters. The van der Waals surface area contributed by atoms with E-state index in [1.54, 1.807) is 12.1 Å². The number of amides is 1. The van der Waals surface area contributed by atoms with E-state index in [-0.39, 0.29) is 11.3 Å². The highest BCUT2D eigenvalue weighted by Gasteiger charge is 2.23. The average molecular weight is 286 g/mol. The van der Waals surface area contributed by atoms with Gasteiger partial charge in [0.15, 0.2) is 0 Å². The molecule has 4 heteroatoms. The normalized spacial score (nSPS) is 23.1. The lowest BCUT2D eigenvalue weighted by molar-refractivity contribution is 0.0947. The molecule has 1 aliphatic carbocycles. The lowest BCUT2D eigenvalue weighted by Gasteiger charge is -2.12. The van der Waals surface area contributed by atoms with E-state index < -0.39 is 0 Å². The second kappa shape index (κ2) is 5.94. The minimum absolute atomic E-state index is 0.0481. The molecule has 98 valence electrons. The number of carbonyl (C=O) groups is 1. The zero-order valence-corrected chi connectivity index (χ0v) is 11.9. The predicted octanol–water partition coefficient (Wildman–Crippen LogP) is 3.79. The molecule has 1 saturated carbocycles. The first-order chi connectivity index (χ1) is 8.56. The van der Waals surface area contributed by atoms with Gasteiger partial charge < -0.3 is 5.32 Å². The third-order valence-electron chi connectivity index (χ3n) is 3.47. The van der Waals surface area contributed by atoms with Crippen LogP contribution in [-0.2, 0) is 0 Å². The van der Waals surface area contributed by atoms with Crippen molar-refractivity contribution in [1.29, 1.82) is 0 Å². The molecule has 1 fully saturated rings. The van der Waals surface area contributed by atoms with Gasteiger partial charge in [0.2, 0.25) is 0 Å². The second-order valence-electron chi connectivity index (χ2n) is 4.95. The van der Waals surface area contributed by atoms with Gasteiger partial charge in [-0.2, -0.15) is 0 Å². The molecule has 2 unspecified atom stereocenters. The van der Waals surface area contributed by atoms with Crippen molar-refractivity contribution in [2.75, 3.05) is 6.54 Å². The second-order valence-corrected chi connectivity index (χ2v) is 6.00. The first-order valence-corrected chi connectivity index (χ1v) is 7.06. The third kappa shape index (κ3) is 3.39. The summed E-state index contributed by atoms with van der Waals surface area (Å²) in [6.45, 7) is 2.61. The number of hydrogen-bond acceptors (Lipinski definition) is 1. The van der Waals surface area contributed by atoms with Crippen molar-refractivity contribution < 1.29 is 4.79 Å². The molecule has 0 heterocycles. The van der Waals surface area contributed by atoms with Gasteiger partial charge in [-0.25, -0.2) is 0 Å². The molecular weight excluding hydrogens is 269 g/mol. The van der Waals surface area contributed by atoms with Gasteiger partial charge in [-0.3, -0.25) is 4.79 Å². The Morgan fingerprint density at radius 2 is 2.22 bits per heavy atom. The molecule has 1 aromatic carbocycles. The van der Waals surface area contributed by atoms with Crippen molar-refractivity contribution in [3.05, 3.63) is 34.3 Å². The van der Waals surface area contributed by atoms with Gasteiger partial charge in [0, 0.05) is 22.5 Å². The van der Waals surface area contributed by atoms with Gasteiger partial charge in [-0.05, 0) is 49.8 Å². The predicted molar refractivity (Wildman–Crippen MR) is 75.5 cm³/mol. The van der Waals surface area contributed by atoms with E-state index in [0.717, 1.165) is 24.8 Å². The number of benzene rings is 1. The van der Waals surface area contributed by atoms with Crippen LogP contribution in [0.2, 0.25) is 5.02 Å². The third-order valence-corrected chi connectivity index (χ3v) is 4.10. The largest absolute Gasteiger partial charge is 0.352 e. The van der Waals surface area contributed by atoms with Gasteiger partial charge >= 0.3 is 0 Å². The Balaban J connectivity index is 1.93. The van der Waals surface area contributed by atoms with E-state index in [4.69, 9.17) is 23.2 Å². The molecule has 2 nitrogen and oxygen atoms in total. The minimum Gasteiger partial charge on any atom is -0.352 e. The summed E-state index contributed by atoms with van der Waals surface area (Å²) in [5.41, 5.74) is 1.60. The van der Waals surface area contributed by atoms with Gasteiger partial charge in [0.25, 0.3) is 5.91 Å². The summed E-state index contributed by atoms with van der Waals surface area (Å²) in [5.74, 6) is 0.462. The monoisotopic (exact) mass is 285 g/mol. The summed E-state index contributed by atoms with van der Waals surface area (Å²) >= 11 is 12.0. The van der Waals surface area contributed by atoms with Crippen LogP contribution in [0.15, 0.2) is 18.2 Å². The minimum atomic E-state index is -0.0481. The summed E-state index contributed by atoms with van der Waals surface area (Å²) < 4.78 is 0. The maximum atomic E-state index is 12.1. The van der Waals surface area contributed by atoms with Crippen LogP contribution in [0.5, 0.6) is 0 Å². The number of alkyl halides is 1. The van der Waals surface area contributed by atoms with Crippen molar-refractivity contribution in [3.63, 3.8) is 0 Å². The first-order valence-electron chi connectivity index (χ1n) is 6.24.